The fourth-order valence-corrected chi connectivity index (χ4v) is 2.09. The molecule has 19 heavy (non-hydrogen) atoms. The maximum absolute atomic E-state index is 12.4. The van der Waals surface area contributed by atoms with Gasteiger partial charge in [-0.2, -0.15) is 18.4 Å². The lowest BCUT2D eigenvalue weighted by Gasteiger charge is -2.06. The van der Waals surface area contributed by atoms with E-state index in [0.717, 1.165) is 24.0 Å². The van der Waals surface area contributed by atoms with Crippen LogP contribution in [0.2, 0.25) is 0 Å². The minimum atomic E-state index is -4.40. The standard InChI is InChI=1S/C12H6F3N3S/c13-12(14,15)8-3-4-11(18-7-8)19-10-2-1-5-17-9(10)6-16/h1-5,7H. The van der Waals surface area contributed by atoms with E-state index >= 15 is 0 Å². The molecule has 7 heteroatoms. The van der Waals surface area contributed by atoms with Gasteiger partial charge in [-0.05, 0) is 24.3 Å². The lowest BCUT2D eigenvalue weighted by atomic mass is 10.3. The Morgan fingerprint density at radius 1 is 1.16 bits per heavy atom. The SMILES string of the molecule is N#Cc1ncccc1Sc1ccc(C(F)(F)F)cn1. The molecule has 0 bridgehead atoms. The van der Waals surface area contributed by atoms with E-state index in [9.17, 15) is 13.2 Å². The minimum absolute atomic E-state index is 0.217. The first-order valence-electron chi connectivity index (χ1n) is 5.07. The molecule has 2 rings (SSSR count). The summed E-state index contributed by atoms with van der Waals surface area (Å²) in [7, 11) is 0. The number of alkyl halides is 3. The van der Waals surface area contributed by atoms with Crippen molar-refractivity contribution in [2.75, 3.05) is 0 Å². The van der Waals surface area contributed by atoms with Crippen molar-refractivity contribution in [1.82, 2.24) is 9.97 Å². The second-order valence-corrected chi connectivity index (χ2v) is 4.51. The molecule has 0 aliphatic heterocycles. The fraction of sp³-hybridized carbons (Fsp3) is 0.0833. The zero-order valence-electron chi connectivity index (χ0n) is 9.35. The molecule has 96 valence electrons. The third-order valence-corrected chi connectivity index (χ3v) is 3.15. The van der Waals surface area contributed by atoms with Gasteiger partial charge in [-0.15, -0.1) is 0 Å². The predicted octanol–water partition coefficient (Wildman–Crippen LogP) is 3.52. The van der Waals surface area contributed by atoms with Crippen LogP contribution in [-0.4, -0.2) is 9.97 Å². The monoisotopic (exact) mass is 281 g/mol. The Balaban J connectivity index is 2.23. The van der Waals surface area contributed by atoms with Crippen LogP contribution in [0.3, 0.4) is 0 Å². The summed E-state index contributed by atoms with van der Waals surface area (Å²) in [6, 6.07) is 7.44. The summed E-state index contributed by atoms with van der Waals surface area (Å²) >= 11 is 1.09. The van der Waals surface area contributed by atoms with Gasteiger partial charge >= 0.3 is 6.18 Å². The van der Waals surface area contributed by atoms with E-state index in [4.69, 9.17) is 5.26 Å². The van der Waals surface area contributed by atoms with Crippen molar-refractivity contribution in [2.45, 2.75) is 16.1 Å². The second-order valence-electron chi connectivity index (χ2n) is 3.45. The Morgan fingerprint density at radius 2 is 1.95 bits per heavy atom. The third kappa shape index (κ3) is 3.23. The molecule has 0 N–H and O–H groups in total. The van der Waals surface area contributed by atoms with E-state index in [2.05, 4.69) is 9.97 Å². The first-order chi connectivity index (χ1) is 9.00. The fourth-order valence-electron chi connectivity index (χ4n) is 1.28. The molecule has 0 aliphatic rings. The van der Waals surface area contributed by atoms with Gasteiger partial charge in [0.2, 0.25) is 0 Å². The summed E-state index contributed by atoms with van der Waals surface area (Å²) in [5.41, 5.74) is -0.585. The van der Waals surface area contributed by atoms with Gasteiger partial charge in [0.1, 0.15) is 11.1 Å². The normalized spacial score (nSPS) is 11.1. The molecule has 3 nitrogen and oxygen atoms in total. The number of pyridine rings is 2. The van der Waals surface area contributed by atoms with Crippen molar-refractivity contribution in [3.8, 4) is 6.07 Å². The van der Waals surface area contributed by atoms with Gasteiger partial charge in [0.15, 0.2) is 5.69 Å². The predicted molar refractivity (Wildman–Crippen MR) is 62.3 cm³/mol. The van der Waals surface area contributed by atoms with Gasteiger partial charge in [-0.25, -0.2) is 9.97 Å². The van der Waals surface area contributed by atoms with Crippen molar-refractivity contribution in [3.63, 3.8) is 0 Å². The zero-order valence-corrected chi connectivity index (χ0v) is 10.2. The molecule has 0 saturated carbocycles. The molecule has 2 heterocycles. The molecule has 2 aromatic rings. The van der Waals surface area contributed by atoms with Crippen LogP contribution in [0, 0.1) is 11.3 Å². The number of aromatic nitrogens is 2. The number of hydrogen-bond donors (Lipinski definition) is 0. The van der Waals surface area contributed by atoms with E-state index in [1.807, 2.05) is 6.07 Å². The molecular weight excluding hydrogens is 275 g/mol. The van der Waals surface area contributed by atoms with Gasteiger partial charge in [0.25, 0.3) is 0 Å². The molecule has 2 aromatic heterocycles. The van der Waals surface area contributed by atoms with Crippen LogP contribution < -0.4 is 0 Å². The molecule has 0 spiro atoms. The summed E-state index contributed by atoms with van der Waals surface area (Å²) in [5, 5.41) is 9.22. The lowest BCUT2D eigenvalue weighted by Crippen LogP contribution is -2.05. The Bertz CT molecular complexity index is 617. The first-order valence-corrected chi connectivity index (χ1v) is 5.88. The van der Waals surface area contributed by atoms with Crippen LogP contribution in [0.5, 0.6) is 0 Å². The number of halogens is 3. The average molecular weight is 281 g/mol. The van der Waals surface area contributed by atoms with Gasteiger partial charge < -0.3 is 0 Å². The zero-order chi connectivity index (χ0) is 13.9. The summed E-state index contributed by atoms with van der Waals surface area (Å²) in [5.74, 6) is 0. The van der Waals surface area contributed by atoms with E-state index in [0.29, 0.717) is 9.92 Å². The van der Waals surface area contributed by atoms with Crippen LogP contribution in [-0.2, 0) is 6.18 Å². The highest BCUT2D eigenvalue weighted by atomic mass is 32.2. The number of rotatable bonds is 2. The highest BCUT2D eigenvalue weighted by Crippen LogP contribution is 2.32. The molecule has 0 atom stereocenters. The van der Waals surface area contributed by atoms with Crippen LogP contribution in [0.25, 0.3) is 0 Å². The van der Waals surface area contributed by atoms with Crippen molar-refractivity contribution in [1.29, 1.82) is 5.26 Å². The first kappa shape index (κ1) is 13.4. The smallest absolute Gasteiger partial charge is 0.249 e. The maximum Gasteiger partial charge on any atom is 0.417 e. The maximum atomic E-state index is 12.4. The molecular formula is C12H6F3N3S. The molecule has 0 amide bonds. The number of nitriles is 1. The van der Waals surface area contributed by atoms with Crippen LogP contribution in [0.1, 0.15) is 11.3 Å². The van der Waals surface area contributed by atoms with Crippen molar-refractivity contribution >= 4 is 11.8 Å². The molecule has 0 fully saturated rings. The average Bonchev–Trinajstić information content (AvgIpc) is 2.39. The Kier molecular flexibility index (Phi) is 3.71. The van der Waals surface area contributed by atoms with Gasteiger partial charge in [-0.3, -0.25) is 0 Å². The van der Waals surface area contributed by atoms with Gasteiger partial charge in [0, 0.05) is 12.4 Å². The second kappa shape index (κ2) is 5.28. The molecule has 0 saturated heterocycles. The number of hydrogen-bond acceptors (Lipinski definition) is 4. The largest absolute Gasteiger partial charge is 0.417 e. The van der Waals surface area contributed by atoms with E-state index in [1.54, 1.807) is 12.1 Å². The lowest BCUT2D eigenvalue weighted by molar-refractivity contribution is -0.137. The van der Waals surface area contributed by atoms with E-state index in [-0.39, 0.29) is 5.69 Å². The molecule has 0 radical (unpaired) electrons. The van der Waals surface area contributed by atoms with E-state index in [1.165, 1.54) is 12.3 Å². The van der Waals surface area contributed by atoms with Gasteiger partial charge in [-0.1, -0.05) is 11.8 Å². The number of nitrogens with zero attached hydrogens (tertiary/aromatic N) is 3. The third-order valence-electron chi connectivity index (χ3n) is 2.15. The minimum Gasteiger partial charge on any atom is -0.249 e. The van der Waals surface area contributed by atoms with Crippen LogP contribution in [0.15, 0.2) is 46.6 Å². The Morgan fingerprint density at radius 3 is 2.53 bits per heavy atom. The molecule has 0 aromatic carbocycles. The Hall–Kier alpha value is -2.07. The topological polar surface area (TPSA) is 49.6 Å². The Labute approximate surface area is 111 Å². The summed E-state index contributed by atoms with van der Waals surface area (Å²) < 4.78 is 37.1. The molecule has 0 unspecified atom stereocenters. The quantitative estimate of drug-likeness (QED) is 0.845. The van der Waals surface area contributed by atoms with E-state index < -0.39 is 11.7 Å². The molecule has 0 aliphatic carbocycles. The highest BCUT2D eigenvalue weighted by molar-refractivity contribution is 7.99. The highest BCUT2D eigenvalue weighted by Gasteiger charge is 2.30. The van der Waals surface area contributed by atoms with Crippen molar-refractivity contribution < 1.29 is 13.2 Å². The van der Waals surface area contributed by atoms with Crippen molar-refractivity contribution in [3.05, 3.63) is 47.9 Å². The van der Waals surface area contributed by atoms with Crippen LogP contribution in [0.4, 0.5) is 13.2 Å². The summed E-state index contributed by atoms with van der Waals surface area (Å²) in [4.78, 5) is 8.14. The van der Waals surface area contributed by atoms with Gasteiger partial charge in [0.05, 0.1) is 10.5 Å². The summed E-state index contributed by atoms with van der Waals surface area (Å²) in [6.07, 6.45) is -2.16. The van der Waals surface area contributed by atoms with Crippen molar-refractivity contribution in [2.24, 2.45) is 0 Å². The summed E-state index contributed by atoms with van der Waals surface area (Å²) in [6.45, 7) is 0. The van der Waals surface area contributed by atoms with Crippen LogP contribution >= 0.6 is 11.8 Å².